The van der Waals surface area contributed by atoms with E-state index in [1.165, 1.54) is 11.1 Å². The van der Waals surface area contributed by atoms with Gasteiger partial charge >= 0.3 is 0 Å². The van der Waals surface area contributed by atoms with Crippen molar-refractivity contribution in [3.05, 3.63) is 41.7 Å². The van der Waals surface area contributed by atoms with Gasteiger partial charge < -0.3 is 27.0 Å². The van der Waals surface area contributed by atoms with Crippen LogP contribution in [0, 0.1) is 0 Å². The van der Waals surface area contributed by atoms with Crippen LogP contribution in [0.5, 0.6) is 0 Å². The van der Waals surface area contributed by atoms with Crippen molar-refractivity contribution in [2.24, 2.45) is 11.5 Å². The SMILES string of the molecule is CC[C@@H](Nc1cnc(C(N)=O)c(Nc2ccc(C(=O)N(C)C)cc2)n1)C(N)=O. The van der Waals surface area contributed by atoms with Crippen LogP contribution >= 0.6 is 0 Å². The van der Waals surface area contributed by atoms with Gasteiger partial charge in [-0.25, -0.2) is 9.97 Å². The number of nitrogens with two attached hydrogens (primary N) is 2. The van der Waals surface area contributed by atoms with Crippen LogP contribution < -0.4 is 22.1 Å². The zero-order valence-electron chi connectivity index (χ0n) is 15.9. The third kappa shape index (κ3) is 4.93. The number of rotatable bonds is 8. The summed E-state index contributed by atoms with van der Waals surface area (Å²) in [6.07, 6.45) is 1.76. The Kier molecular flexibility index (Phi) is 6.48. The number of anilines is 3. The second-order valence-corrected chi connectivity index (χ2v) is 6.23. The van der Waals surface area contributed by atoms with Gasteiger partial charge in [-0.3, -0.25) is 14.4 Å². The average molecular weight is 385 g/mol. The maximum Gasteiger partial charge on any atom is 0.271 e. The van der Waals surface area contributed by atoms with Crippen molar-refractivity contribution in [3.8, 4) is 0 Å². The molecule has 10 nitrogen and oxygen atoms in total. The standard InChI is InChI=1S/C18H23N7O3/c1-4-12(15(19)26)23-13-9-21-14(16(20)27)17(24-13)22-11-7-5-10(6-8-11)18(28)25(2)3/h5-9,12H,4H2,1-3H3,(H2,19,26)(H2,20,27)(H2,22,23,24)/t12-/m1/s1. The fourth-order valence-electron chi connectivity index (χ4n) is 2.37. The molecule has 6 N–H and O–H groups in total. The molecule has 1 aromatic carbocycles. The normalized spacial score (nSPS) is 11.4. The van der Waals surface area contributed by atoms with Gasteiger partial charge in [0.2, 0.25) is 5.91 Å². The van der Waals surface area contributed by atoms with E-state index in [0.717, 1.165) is 0 Å². The van der Waals surface area contributed by atoms with Gasteiger partial charge in [-0.2, -0.15) is 0 Å². The molecule has 1 aromatic heterocycles. The van der Waals surface area contributed by atoms with Crippen molar-refractivity contribution < 1.29 is 14.4 Å². The Morgan fingerprint density at radius 1 is 1.14 bits per heavy atom. The monoisotopic (exact) mass is 385 g/mol. The summed E-state index contributed by atoms with van der Waals surface area (Å²) >= 11 is 0. The Morgan fingerprint density at radius 3 is 2.29 bits per heavy atom. The number of aromatic nitrogens is 2. The first-order valence-corrected chi connectivity index (χ1v) is 8.54. The second kappa shape index (κ2) is 8.80. The van der Waals surface area contributed by atoms with Gasteiger partial charge in [-0.05, 0) is 30.7 Å². The van der Waals surface area contributed by atoms with Crippen molar-refractivity contribution >= 4 is 35.0 Å². The molecule has 0 fully saturated rings. The van der Waals surface area contributed by atoms with Gasteiger partial charge in [0.15, 0.2) is 11.5 Å². The summed E-state index contributed by atoms with van der Waals surface area (Å²) in [7, 11) is 3.33. The maximum atomic E-state index is 12.0. The Hall–Kier alpha value is -3.69. The highest BCUT2D eigenvalue weighted by Gasteiger charge is 2.17. The van der Waals surface area contributed by atoms with Crippen LogP contribution in [0.15, 0.2) is 30.5 Å². The number of nitrogens with zero attached hydrogens (tertiary/aromatic N) is 3. The van der Waals surface area contributed by atoms with E-state index in [1.54, 1.807) is 45.3 Å². The quantitative estimate of drug-likeness (QED) is 0.521. The van der Waals surface area contributed by atoms with Crippen LogP contribution in [0.4, 0.5) is 17.3 Å². The lowest BCUT2D eigenvalue weighted by Crippen LogP contribution is -2.35. The molecule has 0 saturated carbocycles. The highest BCUT2D eigenvalue weighted by molar-refractivity contribution is 5.97. The molecule has 1 heterocycles. The van der Waals surface area contributed by atoms with Crippen molar-refractivity contribution in [3.63, 3.8) is 0 Å². The predicted octanol–water partition coefficient (Wildman–Crippen LogP) is 0.697. The van der Waals surface area contributed by atoms with Crippen LogP contribution in [0.1, 0.15) is 34.2 Å². The third-order valence-electron chi connectivity index (χ3n) is 3.88. The Morgan fingerprint density at radius 2 is 1.79 bits per heavy atom. The van der Waals surface area contributed by atoms with Crippen LogP contribution in [0.2, 0.25) is 0 Å². The topological polar surface area (TPSA) is 156 Å². The van der Waals surface area contributed by atoms with E-state index in [0.29, 0.717) is 17.7 Å². The molecule has 0 spiro atoms. The number of carbonyl (C=O) groups excluding carboxylic acids is 3. The molecule has 0 aliphatic heterocycles. The molecule has 2 aromatic rings. The Balaban J connectivity index is 2.29. The van der Waals surface area contributed by atoms with Crippen molar-refractivity contribution in [2.45, 2.75) is 19.4 Å². The lowest BCUT2D eigenvalue weighted by atomic mass is 10.2. The molecular weight excluding hydrogens is 362 g/mol. The molecule has 2 rings (SSSR count). The number of nitrogens with one attached hydrogen (secondary N) is 2. The number of amides is 3. The minimum absolute atomic E-state index is 0.0638. The van der Waals surface area contributed by atoms with Gasteiger partial charge in [0, 0.05) is 25.3 Å². The van der Waals surface area contributed by atoms with E-state index in [4.69, 9.17) is 11.5 Å². The first-order chi connectivity index (χ1) is 13.2. The summed E-state index contributed by atoms with van der Waals surface area (Å²) in [6, 6.07) is 6.00. The fraction of sp³-hybridized carbons (Fsp3) is 0.278. The zero-order chi connectivity index (χ0) is 20.8. The van der Waals surface area contributed by atoms with Crippen molar-refractivity contribution in [1.82, 2.24) is 14.9 Å². The maximum absolute atomic E-state index is 12.0. The lowest BCUT2D eigenvalue weighted by Gasteiger charge is -2.16. The van der Waals surface area contributed by atoms with Gasteiger partial charge in [0.25, 0.3) is 11.8 Å². The van der Waals surface area contributed by atoms with E-state index < -0.39 is 17.9 Å². The first-order valence-electron chi connectivity index (χ1n) is 8.54. The molecule has 10 heteroatoms. The predicted molar refractivity (Wildman–Crippen MR) is 105 cm³/mol. The van der Waals surface area contributed by atoms with Gasteiger partial charge in [0.05, 0.1) is 6.20 Å². The van der Waals surface area contributed by atoms with E-state index in [2.05, 4.69) is 20.6 Å². The largest absolute Gasteiger partial charge is 0.368 e. The molecule has 0 radical (unpaired) electrons. The van der Waals surface area contributed by atoms with Crippen LogP contribution in [-0.2, 0) is 4.79 Å². The van der Waals surface area contributed by atoms with E-state index in [1.807, 2.05) is 0 Å². The lowest BCUT2D eigenvalue weighted by molar-refractivity contribution is -0.118. The summed E-state index contributed by atoms with van der Waals surface area (Å²) in [5.74, 6) is -1.05. The fourth-order valence-corrected chi connectivity index (χ4v) is 2.37. The van der Waals surface area contributed by atoms with E-state index in [9.17, 15) is 14.4 Å². The molecule has 0 unspecified atom stereocenters. The molecule has 0 aliphatic rings. The number of carbonyl (C=O) groups is 3. The van der Waals surface area contributed by atoms with Gasteiger partial charge in [0.1, 0.15) is 11.9 Å². The molecule has 28 heavy (non-hydrogen) atoms. The van der Waals surface area contributed by atoms with E-state index in [-0.39, 0.29) is 23.2 Å². The molecule has 0 aliphatic carbocycles. The summed E-state index contributed by atoms with van der Waals surface area (Å²) in [5.41, 5.74) is 11.7. The number of primary amides is 2. The summed E-state index contributed by atoms with van der Waals surface area (Å²) in [4.78, 5) is 44.8. The smallest absolute Gasteiger partial charge is 0.271 e. The van der Waals surface area contributed by atoms with Crippen molar-refractivity contribution in [1.29, 1.82) is 0 Å². The van der Waals surface area contributed by atoms with Crippen LogP contribution in [0.3, 0.4) is 0 Å². The molecule has 0 saturated heterocycles. The van der Waals surface area contributed by atoms with Gasteiger partial charge in [-0.15, -0.1) is 0 Å². The third-order valence-corrected chi connectivity index (χ3v) is 3.88. The Labute approximate surface area is 162 Å². The summed E-state index contributed by atoms with van der Waals surface area (Å²) < 4.78 is 0. The van der Waals surface area contributed by atoms with E-state index >= 15 is 0 Å². The van der Waals surface area contributed by atoms with Crippen molar-refractivity contribution in [2.75, 3.05) is 24.7 Å². The second-order valence-electron chi connectivity index (χ2n) is 6.23. The highest BCUT2D eigenvalue weighted by Crippen LogP contribution is 2.20. The average Bonchev–Trinajstić information content (AvgIpc) is 2.65. The summed E-state index contributed by atoms with van der Waals surface area (Å²) in [6.45, 7) is 1.80. The molecular formula is C18H23N7O3. The molecule has 0 bridgehead atoms. The molecule has 148 valence electrons. The van der Waals surface area contributed by atoms with Crippen LogP contribution in [-0.4, -0.2) is 52.7 Å². The molecule has 1 atom stereocenters. The minimum atomic E-state index is -0.761. The van der Waals surface area contributed by atoms with Crippen LogP contribution in [0.25, 0.3) is 0 Å². The molecule has 3 amide bonds. The summed E-state index contributed by atoms with van der Waals surface area (Å²) in [5, 5.41) is 5.82. The van der Waals surface area contributed by atoms with Gasteiger partial charge in [-0.1, -0.05) is 6.92 Å². The number of hydrogen-bond acceptors (Lipinski definition) is 7. The zero-order valence-corrected chi connectivity index (χ0v) is 15.9. The highest BCUT2D eigenvalue weighted by atomic mass is 16.2. The Bertz CT molecular complexity index is 881. The number of benzene rings is 1. The first kappa shape index (κ1) is 20.6. The minimum Gasteiger partial charge on any atom is -0.368 e. The number of hydrogen-bond donors (Lipinski definition) is 4.